The SMILES string of the molecule is Cc1cccc(CC(CCl)Cc2cccc(C)c2)c1. The molecule has 2 aromatic carbocycles. The van der Waals surface area contributed by atoms with Crippen LogP contribution in [0.15, 0.2) is 48.5 Å². The van der Waals surface area contributed by atoms with Gasteiger partial charge in [0.1, 0.15) is 0 Å². The lowest BCUT2D eigenvalue weighted by Crippen LogP contribution is -2.10. The lowest BCUT2D eigenvalue weighted by Gasteiger charge is -2.15. The van der Waals surface area contributed by atoms with Crippen LogP contribution in [-0.2, 0) is 12.8 Å². The fraction of sp³-hybridized carbons (Fsp3) is 0.333. The Morgan fingerprint density at radius 1 is 0.842 bits per heavy atom. The van der Waals surface area contributed by atoms with E-state index in [1.807, 2.05) is 0 Å². The highest BCUT2D eigenvalue weighted by molar-refractivity contribution is 6.18. The summed E-state index contributed by atoms with van der Waals surface area (Å²) >= 11 is 6.15. The van der Waals surface area contributed by atoms with Crippen molar-refractivity contribution in [1.29, 1.82) is 0 Å². The Kier molecular flexibility index (Phi) is 5.04. The highest BCUT2D eigenvalue weighted by Crippen LogP contribution is 2.18. The van der Waals surface area contributed by atoms with Crippen LogP contribution in [-0.4, -0.2) is 5.88 Å². The molecule has 0 nitrogen and oxygen atoms in total. The molecule has 0 heterocycles. The van der Waals surface area contributed by atoms with Gasteiger partial charge < -0.3 is 0 Å². The highest BCUT2D eigenvalue weighted by Gasteiger charge is 2.10. The Labute approximate surface area is 121 Å². The molecule has 0 saturated heterocycles. The molecular weight excluding hydrogens is 252 g/mol. The summed E-state index contributed by atoms with van der Waals surface area (Å²) in [6.45, 7) is 4.28. The molecule has 0 atom stereocenters. The first-order valence-corrected chi connectivity index (χ1v) is 7.38. The van der Waals surface area contributed by atoms with Crippen molar-refractivity contribution in [2.24, 2.45) is 5.92 Å². The van der Waals surface area contributed by atoms with E-state index in [-0.39, 0.29) is 0 Å². The Bertz CT molecular complexity index is 483. The summed E-state index contributed by atoms with van der Waals surface area (Å²) in [6, 6.07) is 17.4. The smallest absolute Gasteiger partial charge is 0.0258 e. The Morgan fingerprint density at radius 2 is 1.32 bits per heavy atom. The third kappa shape index (κ3) is 4.40. The van der Waals surface area contributed by atoms with Gasteiger partial charge in [0.25, 0.3) is 0 Å². The number of hydrogen-bond acceptors (Lipinski definition) is 0. The molecule has 0 aliphatic heterocycles. The first kappa shape index (κ1) is 14.1. The van der Waals surface area contributed by atoms with Crippen LogP contribution in [0.1, 0.15) is 22.3 Å². The summed E-state index contributed by atoms with van der Waals surface area (Å²) in [5.74, 6) is 1.22. The zero-order chi connectivity index (χ0) is 13.7. The number of aryl methyl sites for hydroxylation is 2. The minimum atomic E-state index is 0.505. The molecule has 2 rings (SSSR count). The van der Waals surface area contributed by atoms with Crippen molar-refractivity contribution < 1.29 is 0 Å². The van der Waals surface area contributed by atoms with Gasteiger partial charge in [0.15, 0.2) is 0 Å². The van der Waals surface area contributed by atoms with E-state index < -0.39 is 0 Å². The molecule has 0 amide bonds. The molecule has 100 valence electrons. The van der Waals surface area contributed by atoms with E-state index in [1.165, 1.54) is 22.3 Å². The lowest BCUT2D eigenvalue weighted by atomic mass is 9.93. The molecule has 0 aromatic heterocycles. The Hall–Kier alpha value is -1.27. The third-order valence-electron chi connectivity index (χ3n) is 3.43. The third-order valence-corrected chi connectivity index (χ3v) is 3.87. The van der Waals surface area contributed by atoms with Crippen LogP contribution >= 0.6 is 11.6 Å². The molecule has 0 spiro atoms. The molecular formula is C18H21Cl. The molecule has 0 aliphatic rings. The van der Waals surface area contributed by atoms with Gasteiger partial charge in [-0.05, 0) is 43.7 Å². The fourth-order valence-electron chi connectivity index (χ4n) is 2.53. The minimum Gasteiger partial charge on any atom is -0.126 e. The monoisotopic (exact) mass is 272 g/mol. The van der Waals surface area contributed by atoms with E-state index in [9.17, 15) is 0 Å². The fourth-order valence-corrected chi connectivity index (χ4v) is 2.74. The Balaban J connectivity index is 2.04. The lowest BCUT2D eigenvalue weighted by molar-refractivity contribution is 0.583. The standard InChI is InChI=1S/C18H21Cl/c1-14-5-3-7-16(9-14)11-18(13-19)12-17-8-4-6-15(2)10-17/h3-10,18H,11-13H2,1-2H3. The first-order valence-electron chi connectivity index (χ1n) is 6.84. The maximum Gasteiger partial charge on any atom is 0.0258 e. The quantitative estimate of drug-likeness (QED) is 0.676. The molecule has 0 unspecified atom stereocenters. The van der Waals surface area contributed by atoms with Crippen molar-refractivity contribution in [3.63, 3.8) is 0 Å². The van der Waals surface area contributed by atoms with Gasteiger partial charge in [0, 0.05) is 5.88 Å². The van der Waals surface area contributed by atoms with Gasteiger partial charge in [-0.25, -0.2) is 0 Å². The number of hydrogen-bond donors (Lipinski definition) is 0. The van der Waals surface area contributed by atoms with Gasteiger partial charge >= 0.3 is 0 Å². The second kappa shape index (κ2) is 6.77. The van der Waals surface area contributed by atoms with Crippen molar-refractivity contribution in [2.75, 3.05) is 5.88 Å². The van der Waals surface area contributed by atoms with Crippen molar-refractivity contribution in [3.05, 3.63) is 70.8 Å². The average molecular weight is 273 g/mol. The molecule has 19 heavy (non-hydrogen) atoms. The predicted octanol–water partition coefficient (Wildman–Crippen LogP) is 4.94. The van der Waals surface area contributed by atoms with E-state index in [2.05, 4.69) is 62.4 Å². The second-order valence-corrected chi connectivity index (χ2v) is 5.72. The molecule has 0 fully saturated rings. The van der Waals surface area contributed by atoms with E-state index in [1.54, 1.807) is 0 Å². The number of halogens is 1. The van der Waals surface area contributed by atoms with E-state index in [0.29, 0.717) is 11.8 Å². The van der Waals surface area contributed by atoms with Gasteiger partial charge in [-0.1, -0.05) is 59.7 Å². The summed E-state index contributed by atoms with van der Waals surface area (Å²) in [6.07, 6.45) is 2.11. The maximum atomic E-state index is 6.15. The molecule has 0 N–H and O–H groups in total. The summed E-state index contributed by atoms with van der Waals surface area (Å²) < 4.78 is 0. The van der Waals surface area contributed by atoms with Gasteiger partial charge in [0.05, 0.1) is 0 Å². The van der Waals surface area contributed by atoms with Crippen LogP contribution in [0.3, 0.4) is 0 Å². The summed E-state index contributed by atoms with van der Waals surface area (Å²) in [4.78, 5) is 0. The topological polar surface area (TPSA) is 0 Å². The minimum absolute atomic E-state index is 0.505. The molecule has 0 aliphatic carbocycles. The zero-order valence-electron chi connectivity index (χ0n) is 11.7. The van der Waals surface area contributed by atoms with Crippen LogP contribution < -0.4 is 0 Å². The molecule has 0 saturated carbocycles. The van der Waals surface area contributed by atoms with Crippen molar-refractivity contribution in [2.45, 2.75) is 26.7 Å². The molecule has 0 bridgehead atoms. The van der Waals surface area contributed by atoms with Crippen LogP contribution in [0.4, 0.5) is 0 Å². The number of alkyl halides is 1. The summed E-state index contributed by atoms with van der Waals surface area (Å²) in [5.41, 5.74) is 5.42. The maximum absolute atomic E-state index is 6.15. The van der Waals surface area contributed by atoms with Crippen LogP contribution in [0.25, 0.3) is 0 Å². The van der Waals surface area contributed by atoms with Gasteiger partial charge in [0.2, 0.25) is 0 Å². The average Bonchev–Trinajstić information content (AvgIpc) is 2.38. The van der Waals surface area contributed by atoms with E-state index in [4.69, 9.17) is 11.6 Å². The second-order valence-electron chi connectivity index (χ2n) is 5.41. The number of rotatable bonds is 5. The van der Waals surface area contributed by atoms with Crippen molar-refractivity contribution in [1.82, 2.24) is 0 Å². The molecule has 2 aromatic rings. The zero-order valence-corrected chi connectivity index (χ0v) is 12.5. The predicted molar refractivity (Wildman–Crippen MR) is 84.0 cm³/mol. The van der Waals surface area contributed by atoms with Crippen molar-refractivity contribution in [3.8, 4) is 0 Å². The normalized spacial score (nSPS) is 10.9. The largest absolute Gasteiger partial charge is 0.126 e. The van der Waals surface area contributed by atoms with Crippen LogP contribution in [0.2, 0.25) is 0 Å². The number of benzene rings is 2. The van der Waals surface area contributed by atoms with Gasteiger partial charge in [-0.3, -0.25) is 0 Å². The summed E-state index contributed by atoms with van der Waals surface area (Å²) in [5, 5.41) is 0. The molecule has 1 heteroatoms. The van der Waals surface area contributed by atoms with Crippen LogP contribution in [0.5, 0.6) is 0 Å². The Morgan fingerprint density at radius 3 is 1.68 bits per heavy atom. The van der Waals surface area contributed by atoms with E-state index in [0.717, 1.165) is 12.8 Å². The van der Waals surface area contributed by atoms with Gasteiger partial charge in [-0.2, -0.15) is 0 Å². The van der Waals surface area contributed by atoms with Crippen molar-refractivity contribution >= 4 is 11.6 Å². The first-order chi connectivity index (χ1) is 9.17. The van der Waals surface area contributed by atoms with Crippen LogP contribution in [0, 0.1) is 19.8 Å². The van der Waals surface area contributed by atoms with E-state index >= 15 is 0 Å². The summed E-state index contributed by atoms with van der Waals surface area (Å²) in [7, 11) is 0. The highest BCUT2D eigenvalue weighted by atomic mass is 35.5. The van der Waals surface area contributed by atoms with Gasteiger partial charge in [-0.15, -0.1) is 11.6 Å². The molecule has 0 radical (unpaired) electrons.